The Morgan fingerprint density at radius 3 is 1.87 bits per heavy atom. The number of hydrogen-bond acceptors (Lipinski definition) is 1. The van der Waals surface area contributed by atoms with Crippen molar-refractivity contribution in [1.29, 1.82) is 0 Å². The average Bonchev–Trinajstić information content (AvgIpc) is 2.43. The van der Waals surface area contributed by atoms with Gasteiger partial charge in [-0.15, -0.1) is 0 Å². The lowest BCUT2D eigenvalue weighted by Crippen LogP contribution is -2.59. The average molecular weight is 354 g/mol. The summed E-state index contributed by atoms with van der Waals surface area (Å²) >= 11 is 0. The first-order chi connectivity index (χ1) is 10.3. The van der Waals surface area contributed by atoms with Crippen LogP contribution in [0.2, 0.25) is 0 Å². The lowest BCUT2D eigenvalue weighted by molar-refractivity contribution is -0.399. The van der Waals surface area contributed by atoms with Crippen molar-refractivity contribution in [2.75, 3.05) is 6.61 Å². The van der Waals surface area contributed by atoms with Gasteiger partial charge in [0.05, 0.1) is 0 Å². The number of rotatable bonds is 6. The molecular formula is C13H11F9O. The van der Waals surface area contributed by atoms with Gasteiger partial charge in [0.1, 0.15) is 0 Å². The second-order valence-electron chi connectivity index (χ2n) is 4.75. The van der Waals surface area contributed by atoms with Gasteiger partial charge in [-0.25, -0.2) is 0 Å². The second kappa shape index (κ2) is 6.21. The third kappa shape index (κ3) is 3.41. The molecule has 0 aliphatic carbocycles. The lowest BCUT2D eigenvalue weighted by Gasteiger charge is -2.33. The zero-order valence-corrected chi connectivity index (χ0v) is 11.3. The molecule has 23 heavy (non-hydrogen) atoms. The van der Waals surface area contributed by atoms with Gasteiger partial charge in [-0.2, -0.15) is 39.5 Å². The molecule has 132 valence electrons. The summed E-state index contributed by atoms with van der Waals surface area (Å²) in [7, 11) is 0. The van der Waals surface area contributed by atoms with Crippen LogP contribution in [0, 0.1) is 0 Å². The molecule has 0 aliphatic rings. The Hall–Kier alpha value is -1.45. The molecular weight excluding hydrogens is 343 g/mol. The van der Waals surface area contributed by atoms with E-state index in [4.69, 9.17) is 5.11 Å². The molecule has 1 aromatic rings. The normalized spacial score (nSPS) is 14.2. The summed E-state index contributed by atoms with van der Waals surface area (Å²) in [5.74, 6) is -19.3. The van der Waals surface area contributed by atoms with Crippen LogP contribution in [0.1, 0.15) is 17.5 Å². The minimum Gasteiger partial charge on any atom is -0.396 e. The van der Waals surface area contributed by atoms with E-state index in [1.807, 2.05) is 0 Å². The Labute approximate surface area is 124 Å². The first kappa shape index (κ1) is 19.6. The van der Waals surface area contributed by atoms with Crippen molar-refractivity contribution in [3.63, 3.8) is 0 Å². The Kier molecular flexibility index (Phi) is 5.30. The van der Waals surface area contributed by atoms with Gasteiger partial charge in [0, 0.05) is 12.2 Å². The van der Waals surface area contributed by atoms with Gasteiger partial charge < -0.3 is 5.11 Å². The SMILES string of the molecule is OCCCc1cccc(C(F)(F)C(F)(F)C(F)(F)C(F)(F)F)c1. The molecule has 10 heteroatoms. The van der Waals surface area contributed by atoms with Crippen LogP contribution >= 0.6 is 0 Å². The molecule has 1 rings (SSSR count). The topological polar surface area (TPSA) is 20.2 Å². The van der Waals surface area contributed by atoms with Gasteiger partial charge >= 0.3 is 23.9 Å². The maximum absolute atomic E-state index is 13.7. The molecule has 1 N–H and O–H groups in total. The van der Waals surface area contributed by atoms with Crippen molar-refractivity contribution in [3.05, 3.63) is 35.4 Å². The Morgan fingerprint density at radius 1 is 0.826 bits per heavy atom. The predicted molar refractivity (Wildman–Crippen MR) is 61.7 cm³/mol. The fraction of sp³-hybridized carbons (Fsp3) is 0.538. The number of halogens is 9. The van der Waals surface area contributed by atoms with E-state index in [1.54, 1.807) is 0 Å². The molecule has 0 fully saturated rings. The third-order valence-electron chi connectivity index (χ3n) is 3.06. The number of benzene rings is 1. The highest BCUT2D eigenvalue weighted by atomic mass is 19.4. The van der Waals surface area contributed by atoms with Crippen LogP contribution in [-0.4, -0.2) is 29.7 Å². The van der Waals surface area contributed by atoms with E-state index in [-0.39, 0.29) is 25.0 Å². The van der Waals surface area contributed by atoms with Crippen LogP contribution in [0.5, 0.6) is 0 Å². The molecule has 0 saturated carbocycles. The van der Waals surface area contributed by atoms with Crippen molar-refractivity contribution < 1.29 is 44.6 Å². The number of aliphatic hydroxyl groups excluding tert-OH is 1. The lowest BCUT2D eigenvalue weighted by atomic mass is 9.94. The van der Waals surface area contributed by atoms with Gasteiger partial charge in [-0.1, -0.05) is 18.2 Å². The van der Waals surface area contributed by atoms with Crippen LogP contribution in [0.3, 0.4) is 0 Å². The molecule has 0 atom stereocenters. The van der Waals surface area contributed by atoms with E-state index in [2.05, 4.69) is 0 Å². The largest absolute Gasteiger partial charge is 0.460 e. The highest BCUT2D eigenvalue weighted by molar-refractivity contribution is 5.29. The van der Waals surface area contributed by atoms with Crippen LogP contribution < -0.4 is 0 Å². The number of alkyl halides is 9. The summed E-state index contributed by atoms with van der Waals surface area (Å²) in [6.07, 6.45) is -6.81. The Morgan fingerprint density at radius 2 is 1.39 bits per heavy atom. The quantitative estimate of drug-likeness (QED) is 0.744. The summed E-state index contributed by atoms with van der Waals surface area (Å²) < 4.78 is 116. The van der Waals surface area contributed by atoms with Gasteiger partial charge in [-0.05, 0) is 24.5 Å². The number of hydrogen-bond donors (Lipinski definition) is 1. The molecule has 0 unspecified atom stereocenters. The summed E-state index contributed by atoms with van der Waals surface area (Å²) in [5, 5.41) is 8.59. The zero-order valence-electron chi connectivity index (χ0n) is 11.3. The predicted octanol–water partition coefficient (Wildman–Crippen LogP) is 4.54. The highest BCUT2D eigenvalue weighted by Gasteiger charge is 2.81. The second-order valence-corrected chi connectivity index (χ2v) is 4.75. The molecule has 0 aliphatic heterocycles. The highest BCUT2D eigenvalue weighted by Crippen LogP contribution is 2.56. The van der Waals surface area contributed by atoms with Gasteiger partial charge in [-0.3, -0.25) is 0 Å². The molecule has 0 bridgehead atoms. The summed E-state index contributed by atoms with van der Waals surface area (Å²) in [6, 6.07) is 2.77. The first-order valence-corrected chi connectivity index (χ1v) is 6.19. The fourth-order valence-electron chi connectivity index (χ4n) is 1.76. The van der Waals surface area contributed by atoms with Crippen LogP contribution in [-0.2, 0) is 12.3 Å². The van der Waals surface area contributed by atoms with Gasteiger partial charge in [0.15, 0.2) is 0 Å². The van der Waals surface area contributed by atoms with Crippen molar-refractivity contribution in [2.24, 2.45) is 0 Å². The van der Waals surface area contributed by atoms with E-state index >= 15 is 0 Å². The van der Waals surface area contributed by atoms with E-state index in [0.717, 1.165) is 6.07 Å². The fourth-order valence-corrected chi connectivity index (χ4v) is 1.76. The maximum Gasteiger partial charge on any atom is 0.460 e. The van der Waals surface area contributed by atoms with E-state index in [0.29, 0.717) is 12.1 Å². The first-order valence-electron chi connectivity index (χ1n) is 6.19. The van der Waals surface area contributed by atoms with Crippen molar-refractivity contribution in [2.45, 2.75) is 36.8 Å². The minimum absolute atomic E-state index is 0.0117. The van der Waals surface area contributed by atoms with Gasteiger partial charge in [0.2, 0.25) is 0 Å². The Bertz CT molecular complexity index is 536. The van der Waals surface area contributed by atoms with E-state index < -0.39 is 29.5 Å². The van der Waals surface area contributed by atoms with Crippen molar-refractivity contribution in [1.82, 2.24) is 0 Å². The maximum atomic E-state index is 13.7. The molecule has 0 aromatic heterocycles. The summed E-state index contributed by atoms with van der Waals surface area (Å²) in [4.78, 5) is 0. The van der Waals surface area contributed by atoms with E-state index in [1.165, 1.54) is 6.07 Å². The smallest absolute Gasteiger partial charge is 0.396 e. The minimum atomic E-state index is -6.91. The standard InChI is InChI=1S/C13H11F9O/c14-10(15,11(16,17)12(18,19)13(20,21)22)9-5-1-3-8(7-9)4-2-6-23/h1,3,5,7,23H,2,4,6H2. The molecule has 1 aromatic carbocycles. The monoisotopic (exact) mass is 354 g/mol. The number of aliphatic hydroxyl groups is 1. The molecule has 0 amide bonds. The van der Waals surface area contributed by atoms with Gasteiger partial charge in [0.25, 0.3) is 0 Å². The Balaban J connectivity index is 3.29. The molecule has 0 saturated heterocycles. The van der Waals surface area contributed by atoms with Crippen LogP contribution in [0.4, 0.5) is 39.5 Å². The van der Waals surface area contributed by atoms with E-state index in [9.17, 15) is 39.5 Å². The van der Waals surface area contributed by atoms with Crippen molar-refractivity contribution >= 4 is 0 Å². The molecule has 0 radical (unpaired) electrons. The molecule has 0 heterocycles. The summed E-state index contributed by atoms with van der Waals surface area (Å²) in [5.41, 5.74) is -1.68. The molecule has 1 nitrogen and oxygen atoms in total. The summed E-state index contributed by atoms with van der Waals surface area (Å²) in [6.45, 7) is -0.344. The van der Waals surface area contributed by atoms with Crippen LogP contribution in [0.15, 0.2) is 24.3 Å². The zero-order chi connectivity index (χ0) is 18.1. The third-order valence-corrected chi connectivity index (χ3v) is 3.06. The van der Waals surface area contributed by atoms with Crippen LogP contribution in [0.25, 0.3) is 0 Å². The number of aryl methyl sites for hydroxylation is 1. The molecule has 0 spiro atoms. The van der Waals surface area contributed by atoms with Crippen molar-refractivity contribution in [3.8, 4) is 0 Å².